The molecule has 3 heterocycles. The van der Waals surface area contributed by atoms with Gasteiger partial charge in [0, 0.05) is 28.1 Å². The summed E-state index contributed by atoms with van der Waals surface area (Å²) in [5.41, 5.74) is 2.06. The minimum atomic E-state index is -0.884. The third kappa shape index (κ3) is 5.23. The van der Waals surface area contributed by atoms with Crippen molar-refractivity contribution >= 4 is 45.7 Å². The molecule has 2 aromatic carbocycles. The average molecular weight is 551 g/mol. The predicted octanol–water partition coefficient (Wildman–Crippen LogP) is 7.10. The maximum absolute atomic E-state index is 14.7. The molecule has 0 bridgehead atoms. The van der Waals surface area contributed by atoms with Gasteiger partial charge in [0.2, 0.25) is 0 Å². The van der Waals surface area contributed by atoms with Crippen LogP contribution in [0.4, 0.5) is 14.5 Å². The molecule has 5 aromatic rings. The third-order valence-electron chi connectivity index (χ3n) is 5.61. The molecule has 0 unspecified atom stereocenters. The third-order valence-corrected chi connectivity index (χ3v) is 6.84. The lowest BCUT2D eigenvalue weighted by Gasteiger charge is -2.16. The number of amides is 1. The fourth-order valence-electron chi connectivity index (χ4n) is 3.86. The number of aryl methyl sites for hydroxylation is 1. The van der Waals surface area contributed by atoms with E-state index in [4.69, 9.17) is 0 Å². The fourth-order valence-corrected chi connectivity index (χ4v) is 4.86. The Morgan fingerprint density at radius 1 is 1.03 bits per heavy atom. The minimum absolute atomic E-state index is 0.0768. The Hall–Kier alpha value is -3.89. The standard InChI is InChI=1S/C26H18F2N4O2S2.C2H6/c1-14-6-7-16(29-25(34)15-10-11-36-13-15)12-18(14)22-17-8-9-21(33)32(24(17)31-26(30-22)35-2)23-19(27)4-3-5-20(23)28;1-2/h3-13H,1-2H3,(H,29,34);1-2H3. The molecule has 0 saturated carbocycles. The summed E-state index contributed by atoms with van der Waals surface area (Å²) in [6, 6.07) is 13.3. The molecule has 0 aliphatic carbocycles. The summed E-state index contributed by atoms with van der Waals surface area (Å²) in [6.07, 6.45) is 1.77. The first kappa shape index (κ1) is 27.2. The van der Waals surface area contributed by atoms with E-state index in [1.54, 1.807) is 35.9 Å². The van der Waals surface area contributed by atoms with Crippen molar-refractivity contribution in [3.05, 3.63) is 98.5 Å². The van der Waals surface area contributed by atoms with Crippen LogP contribution in [-0.4, -0.2) is 26.7 Å². The maximum atomic E-state index is 14.7. The predicted molar refractivity (Wildman–Crippen MR) is 151 cm³/mol. The smallest absolute Gasteiger partial charge is 0.256 e. The van der Waals surface area contributed by atoms with Gasteiger partial charge in [-0.1, -0.05) is 37.7 Å². The molecule has 38 heavy (non-hydrogen) atoms. The van der Waals surface area contributed by atoms with E-state index in [2.05, 4.69) is 15.3 Å². The number of benzene rings is 2. The number of anilines is 1. The summed E-state index contributed by atoms with van der Waals surface area (Å²) in [4.78, 5) is 34.6. The van der Waals surface area contributed by atoms with Crippen molar-refractivity contribution in [2.24, 2.45) is 0 Å². The lowest BCUT2D eigenvalue weighted by Crippen LogP contribution is -2.21. The van der Waals surface area contributed by atoms with Crippen LogP contribution in [0, 0.1) is 18.6 Å². The van der Waals surface area contributed by atoms with Crippen LogP contribution >= 0.6 is 23.1 Å². The number of rotatable bonds is 5. The van der Waals surface area contributed by atoms with Gasteiger partial charge in [-0.2, -0.15) is 11.3 Å². The van der Waals surface area contributed by atoms with Gasteiger partial charge in [-0.25, -0.2) is 18.7 Å². The van der Waals surface area contributed by atoms with Crippen molar-refractivity contribution < 1.29 is 13.6 Å². The van der Waals surface area contributed by atoms with Gasteiger partial charge in [-0.05, 0) is 60.5 Å². The highest BCUT2D eigenvalue weighted by Crippen LogP contribution is 2.33. The molecule has 6 nitrogen and oxygen atoms in total. The fraction of sp³-hybridized carbons (Fsp3) is 0.143. The normalized spacial score (nSPS) is 10.7. The van der Waals surface area contributed by atoms with Crippen LogP contribution in [0.15, 0.2) is 75.3 Å². The molecule has 10 heteroatoms. The Balaban J connectivity index is 0.00000164. The van der Waals surface area contributed by atoms with E-state index in [0.717, 1.165) is 22.3 Å². The molecular formula is C28H24F2N4O2S2. The second-order valence-electron chi connectivity index (χ2n) is 7.87. The van der Waals surface area contributed by atoms with E-state index in [-0.39, 0.29) is 11.6 Å². The van der Waals surface area contributed by atoms with Crippen LogP contribution in [-0.2, 0) is 0 Å². The number of nitrogens with one attached hydrogen (secondary N) is 1. The molecule has 3 aromatic heterocycles. The van der Waals surface area contributed by atoms with Gasteiger partial charge in [0.1, 0.15) is 17.3 Å². The number of hydrogen-bond acceptors (Lipinski definition) is 6. The second-order valence-corrected chi connectivity index (χ2v) is 9.42. The van der Waals surface area contributed by atoms with E-state index in [0.29, 0.717) is 33.1 Å². The van der Waals surface area contributed by atoms with Crippen molar-refractivity contribution in [1.82, 2.24) is 14.5 Å². The quantitative estimate of drug-likeness (QED) is 0.187. The van der Waals surface area contributed by atoms with Gasteiger partial charge >= 0.3 is 0 Å². The van der Waals surface area contributed by atoms with Gasteiger partial charge in [-0.15, -0.1) is 0 Å². The highest BCUT2D eigenvalue weighted by molar-refractivity contribution is 7.98. The molecule has 0 atom stereocenters. The zero-order chi connectivity index (χ0) is 27.4. The van der Waals surface area contributed by atoms with Gasteiger partial charge in [-0.3, -0.25) is 14.2 Å². The number of thioether (sulfide) groups is 1. The Kier molecular flexibility index (Phi) is 8.33. The molecule has 0 radical (unpaired) electrons. The van der Waals surface area contributed by atoms with Crippen LogP contribution in [0.2, 0.25) is 0 Å². The molecule has 194 valence electrons. The molecule has 0 aliphatic rings. The number of hydrogen-bond donors (Lipinski definition) is 1. The number of halogens is 2. The lowest BCUT2D eigenvalue weighted by atomic mass is 10.0. The van der Waals surface area contributed by atoms with Crippen LogP contribution in [0.5, 0.6) is 0 Å². The Morgan fingerprint density at radius 2 is 1.76 bits per heavy atom. The minimum Gasteiger partial charge on any atom is -0.322 e. The summed E-state index contributed by atoms with van der Waals surface area (Å²) in [6.45, 7) is 5.89. The van der Waals surface area contributed by atoms with Gasteiger partial charge in [0.25, 0.3) is 11.5 Å². The number of carbonyl (C=O) groups is 1. The molecule has 1 amide bonds. The molecule has 0 saturated heterocycles. The number of fused-ring (bicyclic) bond motifs is 1. The van der Waals surface area contributed by atoms with Gasteiger partial charge in [0.15, 0.2) is 10.8 Å². The van der Waals surface area contributed by atoms with E-state index < -0.39 is 22.9 Å². The van der Waals surface area contributed by atoms with Crippen LogP contribution < -0.4 is 10.9 Å². The molecule has 1 N–H and O–H groups in total. The lowest BCUT2D eigenvalue weighted by molar-refractivity contribution is 0.102. The summed E-state index contributed by atoms with van der Waals surface area (Å²) < 4.78 is 30.4. The highest BCUT2D eigenvalue weighted by atomic mass is 32.2. The first-order chi connectivity index (χ1) is 18.4. The van der Waals surface area contributed by atoms with Crippen molar-refractivity contribution in [2.75, 3.05) is 11.6 Å². The molecular weight excluding hydrogens is 526 g/mol. The van der Waals surface area contributed by atoms with E-state index in [9.17, 15) is 18.4 Å². The zero-order valence-electron chi connectivity index (χ0n) is 21.1. The first-order valence-corrected chi connectivity index (χ1v) is 13.9. The number of pyridine rings is 1. The van der Waals surface area contributed by atoms with Crippen LogP contribution in [0.3, 0.4) is 0 Å². The van der Waals surface area contributed by atoms with E-state index >= 15 is 0 Å². The number of carbonyl (C=O) groups excluding carboxylic acids is 1. The Labute approximate surface area is 226 Å². The number of aromatic nitrogens is 3. The Bertz CT molecular complexity index is 1660. The maximum Gasteiger partial charge on any atom is 0.256 e. The summed E-state index contributed by atoms with van der Waals surface area (Å²) >= 11 is 2.66. The van der Waals surface area contributed by atoms with Crippen molar-refractivity contribution in [3.8, 4) is 16.9 Å². The number of para-hydroxylation sites is 1. The molecule has 0 fully saturated rings. The van der Waals surface area contributed by atoms with Gasteiger partial charge < -0.3 is 5.32 Å². The summed E-state index contributed by atoms with van der Waals surface area (Å²) in [5.74, 6) is -2.01. The molecule has 5 rings (SSSR count). The number of nitrogens with zero attached hydrogens (tertiary/aromatic N) is 3. The monoisotopic (exact) mass is 550 g/mol. The highest BCUT2D eigenvalue weighted by Gasteiger charge is 2.20. The van der Waals surface area contributed by atoms with Crippen LogP contribution in [0.25, 0.3) is 28.0 Å². The number of thiophene rings is 1. The van der Waals surface area contributed by atoms with Crippen molar-refractivity contribution in [2.45, 2.75) is 25.9 Å². The second kappa shape index (κ2) is 11.7. The average Bonchev–Trinajstić information content (AvgIpc) is 3.47. The molecule has 0 aliphatic heterocycles. The first-order valence-electron chi connectivity index (χ1n) is 11.7. The topological polar surface area (TPSA) is 76.9 Å². The zero-order valence-corrected chi connectivity index (χ0v) is 22.7. The largest absolute Gasteiger partial charge is 0.322 e. The van der Waals surface area contributed by atoms with Crippen molar-refractivity contribution in [3.63, 3.8) is 0 Å². The Morgan fingerprint density at radius 3 is 2.42 bits per heavy atom. The van der Waals surface area contributed by atoms with Crippen molar-refractivity contribution in [1.29, 1.82) is 0 Å². The summed E-state index contributed by atoms with van der Waals surface area (Å²) in [5, 5.41) is 7.22. The SMILES string of the molecule is CC.CSc1nc(-c2cc(NC(=O)c3ccsc3)ccc2C)c2ccc(=O)n(-c3c(F)cccc3F)c2n1. The van der Waals surface area contributed by atoms with Crippen LogP contribution in [0.1, 0.15) is 29.8 Å². The molecule has 0 spiro atoms. The summed E-state index contributed by atoms with van der Waals surface area (Å²) in [7, 11) is 0. The van der Waals surface area contributed by atoms with E-state index in [1.165, 1.54) is 35.2 Å². The van der Waals surface area contributed by atoms with E-state index in [1.807, 2.05) is 32.2 Å². The van der Waals surface area contributed by atoms with Gasteiger partial charge in [0.05, 0.1) is 11.3 Å².